The van der Waals surface area contributed by atoms with E-state index in [0.717, 1.165) is 11.3 Å². The maximum Gasteiger partial charge on any atom is 0.275 e. The molecular formula is C14H14N4O2. The van der Waals surface area contributed by atoms with E-state index >= 15 is 0 Å². The van der Waals surface area contributed by atoms with Gasteiger partial charge in [0.25, 0.3) is 5.91 Å². The molecule has 2 amide bonds. The van der Waals surface area contributed by atoms with Crippen LogP contribution in [0.1, 0.15) is 23.0 Å². The van der Waals surface area contributed by atoms with E-state index < -0.39 is 0 Å². The van der Waals surface area contributed by atoms with Crippen molar-refractivity contribution in [3.05, 3.63) is 48.0 Å². The standard InChI is InChI=1S/C14H14N4O2/c1-9-7-11(3-4-12(9)17-10(2)19)18-14(20)13-8-15-5-6-16-13/h3-8H,1-2H3,(H,17,19)(H,18,20). The smallest absolute Gasteiger partial charge is 0.275 e. The zero-order valence-electron chi connectivity index (χ0n) is 11.2. The highest BCUT2D eigenvalue weighted by Gasteiger charge is 2.08. The Morgan fingerprint density at radius 3 is 2.55 bits per heavy atom. The van der Waals surface area contributed by atoms with Crippen LogP contribution in [0, 0.1) is 6.92 Å². The number of rotatable bonds is 3. The molecule has 1 heterocycles. The Balaban J connectivity index is 2.13. The Hall–Kier alpha value is -2.76. The lowest BCUT2D eigenvalue weighted by atomic mass is 10.1. The number of hydrogen-bond acceptors (Lipinski definition) is 4. The summed E-state index contributed by atoms with van der Waals surface area (Å²) in [6, 6.07) is 5.23. The Kier molecular flexibility index (Phi) is 4.05. The summed E-state index contributed by atoms with van der Waals surface area (Å²) in [6.07, 6.45) is 4.36. The molecule has 1 aromatic carbocycles. The predicted molar refractivity (Wildman–Crippen MR) is 75.5 cm³/mol. The summed E-state index contributed by atoms with van der Waals surface area (Å²) >= 11 is 0. The van der Waals surface area contributed by atoms with Gasteiger partial charge in [-0.3, -0.25) is 14.6 Å². The van der Waals surface area contributed by atoms with Crippen molar-refractivity contribution in [3.63, 3.8) is 0 Å². The van der Waals surface area contributed by atoms with Crippen molar-refractivity contribution in [2.24, 2.45) is 0 Å². The van der Waals surface area contributed by atoms with E-state index in [4.69, 9.17) is 0 Å². The summed E-state index contributed by atoms with van der Waals surface area (Å²) in [4.78, 5) is 30.7. The van der Waals surface area contributed by atoms with E-state index in [-0.39, 0.29) is 17.5 Å². The Labute approximate surface area is 116 Å². The number of anilines is 2. The summed E-state index contributed by atoms with van der Waals surface area (Å²) in [5.74, 6) is -0.464. The molecule has 0 aliphatic carbocycles. The second-order valence-corrected chi connectivity index (χ2v) is 4.26. The highest BCUT2D eigenvalue weighted by molar-refractivity contribution is 6.02. The molecule has 6 nitrogen and oxygen atoms in total. The Morgan fingerprint density at radius 2 is 1.95 bits per heavy atom. The molecule has 0 aliphatic heterocycles. The quantitative estimate of drug-likeness (QED) is 0.893. The first kappa shape index (κ1) is 13.7. The number of carbonyl (C=O) groups is 2. The molecule has 102 valence electrons. The molecule has 0 fully saturated rings. The van der Waals surface area contributed by atoms with Gasteiger partial charge in [-0.25, -0.2) is 4.98 Å². The molecule has 2 rings (SSSR count). The van der Waals surface area contributed by atoms with Crippen molar-refractivity contribution in [2.45, 2.75) is 13.8 Å². The molecule has 6 heteroatoms. The number of carbonyl (C=O) groups excluding carboxylic acids is 2. The molecule has 0 saturated heterocycles. The largest absolute Gasteiger partial charge is 0.326 e. The summed E-state index contributed by atoms with van der Waals surface area (Å²) in [7, 11) is 0. The minimum atomic E-state index is -0.329. The number of benzene rings is 1. The lowest BCUT2D eigenvalue weighted by molar-refractivity contribution is -0.114. The number of aromatic nitrogens is 2. The minimum Gasteiger partial charge on any atom is -0.326 e. The molecule has 0 saturated carbocycles. The average Bonchev–Trinajstić information content (AvgIpc) is 2.42. The van der Waals surface area contributed by atoms with E-state index in [1.54, 1.807) is 18.2 Å². The lowest BCUT2D eigenvalue weighted by Crippen LogP contribution is -2.14. The van der Waals surface area contributed by atoms with Gasteiger partial charge in [-0.2, -0.15) is 0 Å². The van der Waals surface area contributed by atoms with Gasteiger partial charge in [0.05, 0.1) is 6.20 Å². The van der Waals surface area contributed by atoms with E-state index in [1.165, 1.54) is 25.5 Å². The molecule has 0 radical (unpaired) electrons. The second-order valence-electron chi connectivity index (χ2n) is 4.26. The molecule has 0 spiro atoms. The monoisotopic (exact) mass is 270 g/mol. The van der Waals surface area contributed by atoms with E-state index in [1.807, 2.05) is 6.92 Å². The van der Waals surface area contributed by atoms with Crippen molar-refractivity contribution < 1.29 is 9.59 Å². The van der Waals surface area contributed by atoms with Crippen LogP contribution >= 0.6 is 0 Å². The van der Waals surface area contributed by atoms with Crippen LogP contribution < -0.4 is 10.6 Å². The zero-order chi connectivity index (χ0) is 14.5. The average molecular weight is 270 g/mol. The van der Waals surface area contributed by atoms with Gasteiger partial charge in [0, 0.05) is 30.7 Å². The van der Waals surface area contributed by atoms with Gasteiger partial charge in [-0.1, -0.05) is 0 Å². The lowest BCUT2D eigenvalue weighted by Gasteiger charge is -2.09. The van der Waals surface area contributed by atoms with E-state index in [2.05, 4.69) is 20.6 Å². The van der Waals surface area contributed by atoms with Crippen molar-refractivity contribution in [1.82, 2.24) is 9.97 Å². The number of nitrogens with one attached hydrogen (secondary N) is 2. The van der Waals surface area contributed by atoms with Gasteiger partial charge >= 0.3 is 0 Å². The molecule has 0 atom stereocenters. The van der Waals surface area contributed by atoms with Crippen molar-refractivity contribution in [3.8, 4) is 0 Å². The second kappa shape index (κ2) is 5.92. The van der Waals surface area contributed by atoms with Gasteiger partial charge in [0.2, 0.25) is 5.91 Å². The molecule has 0 aliphatic rings. The number of hydrogen-bond donors (Lipinski definition) is 2. The normalized spacial score (nSPS) is 9.90. The summed E-state index contributed by atoms with van der Waals surface area (Å²) in [6.45, 7) is 3.30. The van der Waals surface area contributed by atoms with Crippen LogP contribution in [0.3, 0.4) is 0 Å². The first-order chi connectivity index (χ1) is 9.56. The number of nitrogens with zero attached hydrogens (tertiary/aromatic N) is 2. The number of aryl methyl sites for hydroxylation is 1. The fraction of sp³-hybridized carbons (Fsp3) is 0.143. The van der Waals surface area contributed by atoms with Crippen LogP contribution in [0.4, 0.5) is 11.4 Å². The van der Waals surface area contributed by atoms with Crippen LogP contribution in [-0.2, 0) is 4.79 Å². The van der Waals surface area contributed by atoms with Gasteiger partial charge in [-0.05, 0) is 30.7 Å². The molecule has 2 aromatic rings. The predicted octanol–water partition coefficient (Wildman–Crippen LogP) is 2.00. The highest BCUT2D eigenvalue weighted by atomic mass is 16.2. The van der Waals surface area contributed by atoms with Gasteiger partial charge in [-0.15, -0.1) is 0 Å². The van der Waals surface area contributed by atoms with Crippen molar-refractivity contribution in [2.75, 3.05) is 10.6 Å². The molecule has 1 aromatic heterocycles. The SMILES string of the molecule is CC(=O)Nc1ccc(NC(=O)c2cnccn2)cc1C. The first-order valence-electron chi connectivity index (χ1n) is 6.02. The van der Waals surface area contributed by atoms with Crippen LogP contribution in [0.15, 0.2) is 36.8 Å². The third-order valence-corrected chi connectivity index (χ3v) is 2.59. The molecule has 20 heavy (non-hydrogen) atoms. The number of amides is 2. The first-order valence-corrected chi connectivity index (χ1v) is 6.02. The summed E-state index contributed by atoms with van der Waals surface area (Å²) < 4.78 is 0. The molecule has 2 N–H and O–H groups in total. The van der Waals surface area contributed by atoms with Gasteiger partial charge < -0.3 is 10.6 Å². The third kappa shape index (κ3) is 3.38. The highest BCUT2D eigenvalue weighted by Crippen LogP contribution is 2.20. The fourth-order valence-electron chi connectivity index (χ4n) is 1.68. The van der Waals surface area contributed by atoms with Crippen LogP contribution in [0.25, 0.3) is 0 Å². The maximum absolute atomic E-state index is 11.9. The topological polar surface area (TPSA) is 84.0 Å². The van der Waals surface area contributed by atoms with E-state index in [9.17, 15) is 9.59 Å². The summed E-state index contributed by atoms with van der Waals surface area (Å²) in [5.41, 5.74) is 2.45. The van der Waals surface area contributed by atoms with Crippen LogP contribution in [-0.4, -0.2) is 21.8 Å². The molecular weight excluding hydrogens is 256 g/mol. The van der Waals surface area contributed by atoms with Gasteiger partial charge in [0.15, 0.2) is 0 Å². The van der Waals surface area contributed by atoms with E-state index in [0.29, 0.717) is 5.69 Å². The van der Waals surface area contributed by atoms with Gasteiger partial charge in [0.1, 0.15) is 5.69 Å². The minimum absolute atomic E-state index is 0.135. The van der Waals surface area contributed by atoms with Crippen molar-refractivity contribution in [1.29, 1.82) is 0 Å². The van der Waals surface area contributed by atoms with Crippen LogP contribution in [0.5, 0.6) is 0 Å². The fourth-order valence-corrected chi connectivity index (χ4v) is 1.68. The summed E-state index contributed by atoms with van der Waals surface area (Å²) in [5, 5.41) is 5.44. The Bertz CT molecular complexity index is 641. The molecule has 0 unspecified atom stereocenters. The zero-order valence-corrected chi connectivity index (χ0v) is 11.2. The Morgan fingerprint density at radius 1 is 1.15 bits per heavy atom. The maximum atomic E-state index is 11.9. The third-order valence-electron chi connectivity index (χ3n) is 2.59. The van der Waals surface area contributed by atoms with Crippen molar-refractivity contribution >= 4 is 23.2 Å². The molecule has 0 bridgehead atoms. The van der Waals surface area contributed by atoms with Crippen LogP contribution in [0.2, 0.25) is 0 Å².